The van der Waals surface area contributed by atoms with Gasteiger partial charge in [0.1, 0.15) is 0 Å². The second-order valence-electron chi connectivity index (χ2n) is 6.94. The summed E-state index contributed by atoms with van der Waals surface area (Å²) in [5, 5.41) is 10.9. The number of hydrogen-bond donors (Lipinski definition) is 1. The van der Waals surface area contributed by atoms with E-state index in [2.05, 4.69) is 34.6 Å². The first-order valence-electron chi connectivity index (χ1n) is 8.45. The third-order valence-electron chi connectivity index (χ3n) is 4.93. The van der Waals surface area contributed by atoms with Crippen LogP contribution in [0.1, 0.15) is 60.9 Å². The maximum Gasteiger partial charge on any atom is 0.309 e. The highest BCUT2D eigenvalue weighted by molar-refractivity contribution is 5.89. The van der Waals surface area contributed by atoms with Crippen LogP contribution in [-0.4, -0.2) is 28.8 Å². The zero-order chi connectivity index (χ0) is 16.6. The number of ether oxygens (including phenoxy) is 1. The lowest BCUT2D eigenvalue weighted by Crippen LogP contribution is -2.40. The Morgan fingerprint density at radius 1 is 1.25 bits per heavy atom. The molecule has 2 fully saturated rings. The molecule has 1 saturated heterocycles. The van der Waals surface area contributed by atoms with Gasteiger partial charge in [0.05, 0.1) is 6.10 Å². The SMILES string of the molecule is CC1(c2nnc(C(=O)N[C@H]3CCO[C@H](c4ccccc4)C3)o2)CC1. The molecule has 1 N–H and O–H groups in total. The summed E-state index contributed by atoms with van der Waals surface area (Å²) in [6.07, 6.45) is 3.61. The minimum atomic E-state index is -0.295. The molecule has 24 heavy (non-hydrogen) atoms. The van der Waals surface area contributed by atoms with Crippen LogP contribution in [0.5, 0.6) is 0 Å². The van der Waals surface area contributed by atoms with Gasteiger partial charge in [0.25, 0.3) is 0 Å². The third-order valence-corrected chi connectivity index (χ3v) is 4.93. The minimum absolute atomic E-state index is 0.00821. The number of nitrogens with zero attached hydrogens (tertiary/aromatic N) is 2. The molecule has 1 aliphatic heterocycles. The van der Waals surface area contributed by atoms with Gasteiger partial charge in [-0.05, 0) is 31.2 Å². The zero-order valence-electron chi connectivity index (χ0n) is 13.7. The molecule has 6 heteroatoms. The first-order chi connectivity index (χ1) is 11.6. The molecule has 2 aromatic rings. The molecular weight excluding hydrogens is 306 g/mol. The molecule has 2 heterocycles. The molecule has 1 aromatic carbocycles. The molecule has 1 amide bonds. The van der Waals surface area contributed by atoms with E-state index in [1.54, 1.807) is 0 Å². The Balaban J connectivity index is 1.39. The maximum absolute atomic E-state index is 12.4. The van der Waals surface area contributed by atoms with Gasteiger partial charge in [-0.3, -0.25) is 4.79 Å². The van der Waals surface area contributed by atoms with E-state index in [-0.39, 0.29) is 29.4 Å². The molecule has 0 spiro atoms. The van der Waals surface area contributed by atoms with Crippen LogP contribution in [0.25, 0.3) is 0 Å². The van der Waals surface area contributed by atoms with E-state index in [1.165, 1.54) is 0 Å². The van der Waals surface area contributed by atoms with Gasteiger partial charge in [0.15, 0.2) is 0 Å². The average molecular weight is 327 g/mol. The smallest absolute Gasteiger partial charge is 0.309 e. The number of nitrogens with one attached hydrogen (secondary N) is 1. The number of benzene rings is 1. The Morgan fingerprint density at radius 3 is 2.79 bits per heavy atom. The summed E-state index contributed by atoms with van der Waals surface area (Å²) in [7, 11) is 0. The minimum Gasteiger partial charge on any atom is -0.416 e. The van der Waals surface area contributed by atoms with E-state index >= 15 is 0 Å². The fourth-order valence-corrected chi connectivity index (χ4v) is 3.04. The fraction of sp³-hybridized carbons (Fsp3) is 0.500. The largest absolute Gasteiger partial charge is 0.416 e. The molecule has 1 aromatic heterocycles. The van der Waals surface area contributed by atoms with Crippen LogP contribution in [0, 0.1) is 0 Å². The Labute approximate surface area is 140 Å². The van der Waals surface area contributed by atoms with Gasteiger partial charge < -0.3 is 14.5 Å². The predicted molar refractivity (Wildman–Crippen MR) is 86.5 cm³/mol. The zero-order valence-corrected chi connectivity index (χ0v) is 13.7. The van der Waals surface area contributed by atoms with Crippen LogP contribution >= 0.6 is 0 Å². The van der Waals surface area contributed by atoms with Gasteiger partial charge in [-0.2, -0.15) is 0 Å². The van der Waals surface area contributed by atoms with Crippen LogP contribution < -0.4 is 5.32 Å². The Bertz CT molecular complexity index is 724. The van der Waals surface area contributed by atoms with E-state index in [0.717, 1.165) is 31.2 Å². The van der Waals surface area contributed by atoms with Crippen molar-refractivity contribution in [2.45, 2.75) is 50.2 Å². The quantitative estimate of drug-likeness (QED) is 0.934. The van der Waals surface area contributed by atoms with E-state index < -0.39 is 0 Å². The first-order valence-corrected chi connectivity index (χ1v) is 8.45. The number of carbonyl (C=O) groups is 1. The number of rotatable bonds is 4. The summed E-state index contributed by atoms with van der Waals surface area (Å²) in [4.78, 5) is 12.4. The molecule has 0 unspecified atom stereocenters. The van der Waals surface area contributed by atoms with Crippen molar-refractivity contribution in [2.24, 2.45) is 0 Å². The second-order valence-corrected chi connectivity index (χ2v) is 6.94. The van der Waals surface area contributed by atoms with Crippen molar-refractivity contribution in [3.8, 4) is 0 Å². The summed E-state index contributed by atoms with van der Waals surface area (Å²) in [6.45, 7) is 2.70. The van der Waals surface area contributed by atoms with Crippen molar-refractivity contribution in [2.75, 3.05) is 6.61 Å². The van der Waals surface area contributed by atoms with Gasteiger partial charge >= 0.3 is 11.8 Å². The topological polar surface area (TPSA) is 77.2 Å². The summed E-state index contributed by atoms with van der Waals surface area (Å²) in [6, 6.07) is 10.1. The monoisotopic (exact) mass is 327 g/mol. The molecule has 126 valence electrons. The Morgan fingerprint density at radius 2 is 2.04 bits per heavy atom. The lowest BCUT2D eigenvalue weighted by molar-refractivity contribution is 0.000650. The van der Waals surface area contributed by atoms with E-state index in [4.69, 9.17) is 9.15 Å². The normalized spacial score (nSPS) is 25.2. The average Bonchev–Trinajstić information content (AvgIpc) is 3.16. The molecule has 2 atom stereocenters. The van der Waals surface area contributed by atoms with Gasteiger partial charge in [0.2, 0.25) is 5.89 Å². The summed E-state index contributed by atoms with van der Waals surface area (Å²) < 4.78 is 11.4. The molecule has 4 rings (SSSR count). The maximum atomic E-state index is 12.4. The number of aromatic nitrogens is 2. The van der Waals surface area contributed by atoms with Crippen molar-refractivity contribution in [1.82, 2.24) is 15.5 Å². The first kappa shape index (κ1) is 15.3. The Kier molecular flexibility index (Phi) is 3.84. The Hall–Kier alpha value is -2.21. The van der Waals surface area contributed by atoms with Crippen molar-refractivity contribution < 1.29 is 13.9 Å². The highest BCUT2D eigenvalue weighted by atomic mass is 16.5. The van der Waals surface area contributed by atoms with E-state index in [0.29, 0.717) is 12.5 Å². The van der Waals surface area contributed by atoms with Crippen molar-refractivity contribution in [1.29, 1.82) is 0 Å². The number of hydrogen-bond acceptors (Lipinski definition) is 5. The summed E-state index contributed by atoms with van der Waals surface area (Å²) >= 11 is 0. The third kappa shape index (κ3) is 3.06. The van der Waals surface area contributed by atoms with Gasteiger partial charge in [-0.1, -0.05) is 37.3 Å². The van der Waals surface area contributed by atoms with Crippen LogP contribution in [0.15, 0.2) is 34.7 Å². The van der Waals surface area contributed by atoms with Crippen molar-refractivity contribution in [3.05, 3.63) is 47.7 Å². The second kappa shape index (κ2) is 6.02. The molecule has 0 bridgehead atoms. The van der Waals surface area contributed by atoms with Crippen LogP contribution in [0.2, 0.25) is 0 Å². The molecule has 0 radical (unpaired) electrons. The molecule has 6 nitrogen and oxygen atoms in total. The highest BCUT2D eigenvalue weighted by Crippen LogP contribution is 2.46. The van der Waals surface area contributed by atoms with Crippen molar-refractivity contribution >= 4 is 5.91 Å². The van der Waals surface area contributed by atoms with Crippen molar-refractivity contribution in [3.63, 3.8) is 0 Å². The number of amides is 1. The van der Waals surface area contributed by atoms with Crippen LogP contribution in [0.4, 0.5) is 0 Å². The highest BCUT2D eigenvalue weighted by Gasteiger charge is 2.44. The lowest BCUT2D eigenvalue weighted by atomic mass is 9.97. The standard InChI is InChI=1S/C18H21N3O3/c1-18(8-9-18)17-21-20-16(24-17)15(22)19-13-7-10-23-14(11-13)12-5-3-2-4-6-12/h2-6,13-14H,7-11H2,1H3,(H,19,22)/t13-,14-/m0/s1. The predicted octanol–water partition coefficient (Wildman–Crippen LogP) is 2.77. The molecular formula is C18H21N3O3. The van der Waals surface area contributed by atoms with E-state index in [1.807, 2.05) is 18.2 Å². The van der Waals surface area contributed by atoms with Gasteiger partial charge in [-0.25, -0.2) is 0 Å². The summed E-state index contributed by atoms with van der Waals surface area (Å²) in [5.74, 6) is 0.333. The summed E-state index contributed by atoms with van der Waals surface area (Å²) in [5.41, 5.74) is 1.11. The molecule has 1 aliphatic carbocycles. The van der Waals surface area contributed by atoms with Gasteiger partial charge in [0, 0.05) is 18.1 Å². The van der Waals surface area contributed by atoms with Crippen LogP contribution in [0.3, 0.4) is 0 Å². The fourth-order valence-electron chi connectivity index (χ4n) is 3.04. The number of carbonyl (C=O) groups excluding carboxylic acids is 1. The van der Waals surface area contributed by atoms with Gasteiger partial charge in [-0.15, -0.1) is 10.2 Å². The van der Waals surface area contributed by atoms with Crippen LogP contribution in [-0.2, 0) is 10.2 Å². The molecule has 1 saturated carbocycles. The van der Waals surface area contributed by atoms with E-state index in [9.17, 15) is 4.79 Å². The molecule has 2 aliphatic rings. The lowest BCUT2D eigenvalue weighted by Gasteiger charge is -2.30.